The Bertz CT molecular complexity index is 1180. The third kappa shape index (κ3) is 3.99. The minimum absolute atomic E-state index is 0.139. The van der Waals surface area contributed by atoms with Crippen LogP contribution in [0.3, 0.4) is 0 Å². The van der Waals surface area contributed by atoms with Gasteiger partial charge in [0.1, 0.15) is 11.4 Å². The van der Waals surface area contributed by atoms with Gasteiger partial charge in [-0.15, -0.1) is 0 Å². The summed E-state index contributed by atoms with van der Waals surface area (Å²) in [6.45, 7) is 7.32. The number of aromatic nitrogens is 3. The van der Waals surface area contributed by atoms with Crippen molar-refractivity contribution >= 4 is 22.6 Å². The lowest BCUT2D eigenvalue weighted by atomic mass is 9.90. The van der Waals surface area contributed by atoms with Crippen LogP contribution in [0.1, 0.15) is 37.8 Å². The third-order valence-corrected chi connectivity index (χ3v) is 4.99. The molecule has 4 rings (SSSR count). The molecule has 2 N–H and O–H groups in total. The van der Waals surface area contributed by atoms with Crippen LogP contribution in [0.2, 0.25) is 5.02 Å². The minimum atomic E-state index is -0.187. The van der Waals surface area contributed by atoms with Gasteiger partial charge in [-0.2, -0.15) is 5.10 Å². The maximum atomic E-state index is 12.7. The highest BCUT2D eigenvalue weighted by atomic mass is 35.5. The average Bonchev–Trinajstić information content (AvgIpc) is 3.30. The molecule has 0 aliphatic carbocycles. The predicted octanol–water partition coefficient (Wildman–Crippen LogP) is 4.55. The van der Waals surface area contributed by atoms with Crippen molar-refractivity contribution in [3.8, 4) is 5.69 Å². The first kappa shape index (κ1) is 19.5. The number of benzene rings is 1. The molecule has 0 spiro atoms. The Morgan fingerprint density at radius 2 is 1.93 bits per heavy atom. The molecule has 0 radical (unpaired) electrons. The van der Waals surface area contributed by atoms with E-state index >= 15 is 0 Å². The van der Waals surface area contributed by atoms with Crippen LogP contribution in [0, 0.1) is 0 Å². The lowest BCUT2D eigenvalue weighted by molar-refractivity contribution is 0.482. The van der Waals surface area contributed by atoms with Crippen molar-refractivity contribution in [2.24, 2.45) is 0 Å². The Balaban J connectivity index is 1.76. The zero-order chi connectivity index (χ0) is 20.6. The standard InChI is InChI=1S/C22H23ClN4O2/c1-22(2,3)19-18-11-14(12-24-13-17-5-4-10-29-17)21(28)25-20(18)27(26-19)16-8-6-15(23)7-9-16/h4-11,24H,12-13H2,1-3H3,(H,25,28). The molecule has 0 saturated carbocycles. The van der Waals surface area contributed by atoms with Gasteiger partial charge >= 0.3 is 0 Å². The first-order chi connectivity index (χ1) is 13.8. The number of fused-ring (bicyclic) bond motifs is 1. The second-order valence-corrected chi connectivity index (χ2v) is 8.49. The van der Waals surface area contributed by atoms with Crippen molar-refractivity contribution in [3.63, 3.8) is 0 Å². The van der Waals surface area contributed by atoms with Crippen molar-refractivity contribution in [1.82, 2.24) is 20.1 Å². The minimum Gasteiger partial charge on any atom is -0.468 e. The Hall–Kier alpha value is -2.83. The zero-order valence-electron chi connectivity index (χ0n) is 16.6. The van der Waals surface area contributed by atoms with Gasteiger partial charge in [0.05, 0.1) is 24.2 Å². The highest BCUT2D eigenvalue weighted by Crippen LogP contribution is 2.30. The topological polar surface area (TPSA) is 75.8 Å². The molecule has 7 heteroatoms. The first-order valence-electron chi connectivity index (χ1n) is 9.47. The van der Waals surface area contributed by atoms with E-state index in [9.17, 15) is 4.79 Å². The molecule has 3 heterocycles. The molecule has 0 fully saturated rings. The van der Waals surface area contributed by atoms with Gasteiger partial charge in [0, 0.05) is 27.9 Å². The van der Waals surface area contributed by atoms with Gasteiger partial charge in [-0.25, -0.2) is 4.68 Å². The molecule has 6 nitrogen and oxygen atoms in total. The van der Waals surface area contributed by atoms with Crippen LogP contribution in [-0.2, 0) is 18.5 Å². The summed E-state index contributed by atoms with van der Waals surface area (Å²) in [6, 6.07) is 13.1. The number of nitrogens with one attached hydrogen (secondary N) is 2. The maximum Gasteiger partial charge on any atom is 0.254 e. The summed E-state index contributed by atoms with van der Waals surface area (Å²) < 4.78 is 7.10. The SMILES string of the molecule is CC(C)(C)c1nn(-c2ccc(Cl)cc2)c2[nH]c(=O)c(CNCc3ccco3)cc12. The molecule has 0 amide bonds. The Morgan fingerprint density at radius 3 is 2.59 bits per heavy atom. The van der Waals surface area contributed by atoms with Gasteiger partial charge in [-0.3, -0.25) is 4.79 Å². The number of halogens is 1. The average molecular weight is 411 g/mol. The number of aromatic amines is 1. The Kier molecular flexibility index (Phi) is 5.06. The van der Waals surface area contributed by atoms with Gasteiger partial charge in [0.2, 0.25) is 0 Å². The monoisotopic (exact) mass is 410 g/mol. The van der Waals surface area contributed by atoms with Crippen LogP contribution < -0.4 is 10.9 Å². The number of hydrogen-bond acceptors (Lipinski definition) is 4. The largest absolute Gasteiger partial charge is 0.468 e. The van der Waals surface area contributed by atoms with Crippen LogP contribution in [0.4, 0.5) is 0 Å². The van der Waals surface area contributed by atoms with Crippen molar-refractivity contribution in [3.05, 3.63) is 81.1 Å². The number of rotatable bonds is 5. The molecule has 29 heavy (non-hydrogen) atoms. The van der Waals surface area contributed by atoms with Gasteiger partial charge in [-0.05, 0) is 42.5 Å². The summed E-state index contributed by atoms with van der Waals surface area (Å²) in [4.78, 5) is 15.8. The van der Waals surface area contributed by atoms with Crippen LogP contribution in [0.5, 0.6) is 0 Å². The molecular weight excluding hydrogens is 388 g/mol. The predicted molar refractivity (Wildman–Crippen MR) is 115 cm³/mol. The van der Waals surface area contributed by atoms with Crippen LogP contribution in [0.25, 0.3) is 16.7 Å². The van der Waals surface area contributed by atoms with E-state index in [0.717, 1.165) is 22.5 Å². The summed E-state index contributed by atoms with van der Waals surface area (Å²) in [6.07, 6.45) is 1.64. The number of furan rings is 1. The van der Waals surface area contributed by atoms with Crippen molar-refractivity contribution in [2.45, 2.75) is 39.3 Å². The van der Waals surface area contributed by atoms with Crippen molar-refractivity contribution in [2.75, 3.05) is 0 Å². The molecule has 0 aliphatic heterocycles. The van der Waals surface area contributed by atoms with Crippen LogP contribution in [0.15, 0.2) is 57.9 Å². The molecule has 1 aromatic carbocycles. The fraction of sp³-hybridized carbons (Fsp3) is 0.273. The molecule has 0 atom stereocenters. The fourth-order valence-electron chi connectivity index (χ4n) is 3.30. The number of pyridine rings is 1. The lowest BCUT2D eigenvalue weighted by Gasteiger charge is -2.15. The molecule has 0 saturated heterocycles. The summed E-state index contributed by atoms with van der Waals surface area (Å²) in [7, 11) is 0. The summed E-state index contributed by atoms with van der Waals surface area (Å²) in [5, 5.41) is 9.67. The Labute approximate surface area is 173 Å². The highest BCUT2D eigenvalue weighted by molar-refractivity contribution is 6.30. The molecule has 0 aliphatic rings. The van der Waals surface area contributed by atoms with E-state index in [2.05, 4.69) is 31.1 Å². The van der Waals surface area contributed by atoms with Crippen LogP contribution >= 0.6 is 11.6 Å². The van der Waals surface area contributed by atoms with Crippen LogP contribution in [-0.4, -0.2) is 14.8 Å². The molecule has 3 aromatic heterocycles. The second kappa shape index (κ2) is 7.54. The van der Waals surface area contributed by atoms with Crippen molar-refractivity contribution in [1.29, 1.82) is 0 Å². The molecule has 4 aromatic rings. The summed E-state index contributed by atoms with van der Waals surface area (Å²) in [5.41, 5.74) is 2.77. The van der Waals surface area contributed by atoms with Gasteiger partial charge < -0.3 is 14.7 Å². The lowest BCUT2D eigenvalue weighted by Crippen LogP contribution is -2.21. The normalized spacial score (nSPS) is 12.0. The van der Waals surface area contributed by atoms with E-state index in [0.29, 0.717) is 29.3 Å². The van der Waals surface area contributed by atoms with Gasteiger partial charge in [0.25, 0.3) is 5.56 Å². The molecule has 0 bridgehead atoms. The van der Waals surface area contributed by atoms with E-state index < -0.39 is 0 Å². The van der Waals surface area contributed by atoms with E-state index in [1.165, 1.54) is 0 Å². The van der Waals surface area contributed by atoms with E-state index in [4.69, 9.17) is 21.1 Å². The summed E-state index contributed by atoms with van der Waals surface area (Å²) in [5.74, 6) is 0.827. The Morgan fingerprint density at radius 1 is 1.17 bits per heavy atom. The quantitative estimate of drug-likeness (QED) is 0.506. The smallest absolute Gasteiger partial charge is 0.254 e. The second-order valence-electron chi connectivity index (χ2n) is 8.06. The molecular formula is C22H23ClN4O2. The van der Waals surface area contributed by atoms with Gasteiger partial charge in [-0.1, -0.05) is 32.4 Å². The van der Waals surface area contributed by atoms with Gasteiger partial charge in [0.15, 0.2) is 0 Å². The van der Waals surface area contributed by atoms with E-state index in [-0.39, 0.29) is 11.0 Å². The number of H-pyrrole nitrogens is 1. The zero-order valence-corrected chi connectivity index (χ0v) is 17.4. The first-order valence-corrected chi connectivity index (χ1v) is 9.85. The third-order valence-electron chi connectivity index (χ3n) is 4.74. The van der Waals surface area contributed by atoms with Crippen molar-refractivity contribution < 1.29 is 4.42 Å². The fourth-order valence-corrected chi connectivity index (χ4v) is 3.43. The molecule has 150 valence electrons. The van der Waals surface area contributed by atoms with E-state index in [1.807, 2.05) is 42.5 Å². The highest BCUT2D eigenvalue weighted by Gasteiger charge is 2.24. The molecule has 0 unspecified atom stereocenters. The summed E-state index contributed by atoms with van der Waals surface area (Å²) >= 11 is 6.03. The number of hydrogen-bond donors (Lipinski definition) is 2. The number of nitrogens with zero attached hydrogens (tertiary/aromatic N) is 2. The maximum absolute atomic E-state index is 12.7. The van der Waals surface area contributed by atoms with E-state index in [1.54, 1.807) is 10.9 Å².